The second-order valence-electron chi connectivity index (χ2n) is 10.2. The van der Waals surface area contributed by atoms with Crippen LogP contribution in [0, 0.1) is 11.8 Å². The van der Waals surface area contributed by atoms with Gasteiger partial charge in [-0.3, -0.25) is 23.5 Å². The Morgan fingerprint density at radius 3 is 2.58 bits per heavy atom. The summed E-state index contributed by atoms with van der Waals surface area (Å²) in [6.45, 7) is 3.05. The Labute approximate surface area is 228 Å². The lowest BCUT2D eigenvalue weighted by atomic mass is 10.3. The largest absolute Gasteiger partial charge is 0.356 e. The Bertz CT molecular complexity index is 1780. The van der Waals surface area contributed by atoms with Gasteiger partial charge in [0.25, 0.3) is 11.5 Å². The Morgan fingerprint density at radius 1 is 1.20 bits per heavy atom. The zero-order chi connectivity index (χ0) is 28.5. The number of thiazole rings is 1. The lowest BCUT2D eigenvalue weighted by Crippen LogP contribution is -2.41. The predicted octanol–water partition coefficient (Wildman–Crippen LogP) is 1.91. The number of amides is 1. The number of pyridine rings is 1. The van der Waals surface area contributed by atoms with E-state index in [4.69, 9.17) is 0 Å². The van der Waals surface area contributed by atoms with Gasteiger partial charge in [0.05, 0.1) is 24.7 Å². The summed E-state index contributed by atoms with van der Waals surface area (Å²) in [7, 11) is 1.44. The highest BCUT2D eigenvalue weighted by molar-refractivity contribution is 7.13. The molecule has 1 aliphatic carbocycles. The molecule has 0 bridgehead atoms. The van der Waals surface area contributed by atoms with Gasteiger partial charge in [-0.15, -0.1) is 11.3 Å². The van der Waals surface area contributed by atoms with Gasteiger partial charge in [0.15, 0.2) is 11.2 Å². The van der Waals surface area contributed by atoms with Gasteiger partial charge in [0, 0.05) is 37.3 Å². The fourth-order valence-electron chi connectivity index (χ4n) is 5.16. The van der Waals surface area contributed by atoms with Gasteiger partial charge in [-0.2, -0.15) is 0 Å². The van der Waals surface area contributed by atoms with Crippen LogP contribution in [0.3, 0.4) is 0 Å². The topological polar surface area (TPSA) is 137 Å². The number of aryl methyl sites for hydroxylation is 1. The van der Waals surface area contributed by atoms with E-state index in [2.05, 4.69) is 20.3 Å². The van der Waals surface area contributed by atoms with Crippen molar-refractivity contribution in [1.82, 2.24) is 28.7 Å². The third-order valence-electron chi connectivity index (χ3n) is 7.51. The number of hydrogen-bond donors (Lipinski definition) is 1. The van der Waals surface area contributed by atoms with Gasteiger partial charge >= 0.3 is 5.69 Å². The van der Waals surface area contributed by atoms with Crippen LogP contribution in [0.1, 0.15) is 19.9 Å². The van der Waals surface area contributed by atoms with Gasteiger partial charge < -0.3 is 14.8 Å². The molecule has 208 valence electrons. The maximum atomic E-state index is 13.5. The normalized spacial score (nSPS) is 20.0. The van der Waals surface area contributed by atoms with Crippen molar-refractivity contribution < 1.29 is 18.4 Å². The molecule has 1 aliphatic heterocycles. The van der Waals surface area contributed by atoms with Gasteiger partial charge in [-0.1, -0.05) is 0 Å². The Balaban J connectivity index is 1.18. The Kier molecular flexibility index (Phi) is 5.94. The van der Waals surface area contributed by atoms with Crippen LogP contribution in [-0.4, -0.2) is 59.4 Å². The molecule has 2 fully saturated rings. The van der Waals surface area contributed by atoms with Crippen molar-refractivity contribution in [3.63, 3.8) is 0 Å². The standard InChI is InChI=1S/C25H24F2N8O4S/c1-12(36)7-34-23(38)19-20(32(3)24(34)39)29-11-35(19)13(2)21(37)30-17-10-40-22(31-17)14-4-5-18(28-6-14)33-8-15-16(9-33)25(15,26)27/h4-6,10-11,13,15-16H,7-9H2,1-3H3,(H,30,37)/t13-,15?,16?/m0/s1. The minimum atomic E-state index is -2.55. The summed E-state index contributed by atoms with van der Waals surface area (Å²) in [4.78, 5) is 65.2. The number of anilines is 2. The van der Waals surface area contributed by atoms with Crippen LogP contribution in [0.5, 0.6) is 0 Å². The number of hydrogen-bond acceptors (Lipinski definition) is 9. The number of ketones is 1. The third-order valence-corrected chi connectivity index (χ3v) is 8.40. The van der Waals surface area contributed by atoms with Crippen LogP contribution in [0.25, 0.3) is 21.7 Å². The summed E-state index contributed by atoms with van der Waals surface area (Å²) < 4.78 is 30.3. The molecule has 3 atom stereocenters. The number of halogens is 2. The van der Waals surface area contributed by atoms with E-state index >= 15 is 0 Å². The molecule has 2 aliphatic rings. The highest BCUT2D eigenvalue weighted by Gasteiger charge is 2.71. The van der Waals surface area contributed by atoms with E-state index in [1.54, 1.807) is 24.6 Å². The Morgan fingerprint density at radius 2 is 1.93 bits per heavy atom. The lowest BCUT2D eigenvalue weighted by Gasteiger charge is -2.20. The van der Waals surface area contributed by atoms with E-state index in [1.165, 1.54) is 36.2 Å². The van der Waals surface area contributed by atoms with Crippen LogP contribution in [0.2, 0.25) is 0 Å². The highest BCUT2D eigenvalue weighted by atomic mass is 32.1. The molecule has 1 amide bonds. The summed E-state index contributed by atoms with van der Waals surface area (Å²) in [6, 6.07) is 2.69. The number of carbonyl (C=O) groups is 2. The van der Waals surface area contributed by atoms with Crippen molar-refractivity contribution in [2.75, 3.05) is 23.3 Å². The van der Waals surface area contributed by atoms with Crippen LogP contribution in [0.4, 0.5) is 20.4 Å². The van der Waals surface area contributed by atoms with Crippen LogP contribution >= 0.6 is 11.3 Å². The molecule has 15 heteroatoms. The smallest absolute Gasteiger partial charge is 0.332 e. The summed E-state index contributed by atoms with van der Waals surface area (Å²) >= 11 is 1.29. The molecule has 2 unspecified atom stereocenters. The molecule has 1 saturated heterocycles. The minimum absolute atomic E-state index is 0.0233. The number of imidazole rings is 1. The van der Waals surface area contributed by atoms with Crippen molar-refractivity contribution in [3.05, 3.63) is 50.9 Å². The van der Waals surface area contributed by atoms with E-state index in [0.29, 0.717) is 35.3 Å². The van der Waals surface area contributed by atoms with Crippen molar-refractivity contribution in [1.29, 1.82) is 0 Å². The first-order valence-corrected chi connectivity index (χ1v) is 13.4. The zero-order valence-electron chi connectivity index (χ0n) is 21.7. The van der Waals surface area contributed by atoms with E-state index < -0.39 is 41.0 Å². The maximum Gasteiger partial charge on any atom is 0.332 e. The predicted molar refractivity (Wildman–Crippen MR) is 143 cm³/mol. The molecule has 6 rings (SSSR count). The fourth-order valence-corrected chi connectivity index (χ4v) is 5.90. The summed E-state index contributed by atoms with van der Waals surface area (Å²) in [6.07, 6.45) is 2.93. The number of Topliss-reactive ketones (excluding diaryl/α,β-unsaturated/α-hetero) is 1. The quantitative estimate of drug-likeness (QED) is 0.356. The zero-order valence-corrected chi connectivity index (χ0v) is 22.5. The van der Waals surface area contributed by atoms with Crippen molar-refractivity contribution in [2.45, 2.75) is 32.4 Å². The maximum absolute atomic E-state index is 13.5. The summed E-state index contributed by atoms with van der Waals surface area (Å²) in [5, 5.41) is 5.00. The number of alkyl halides is 2. The molecule has 4 aromatic heterocycles. The number of piperidine rings is 1. The van der Waals surface area contributed by atoms with Crippen molar-refractivity contribution in [3.8, 4) is 10.6 Å². The number of fused-ring (bicyclic) bond motifs is 2. The monoisotopic (exact) mass is 570 g/mol. The second-order valence-corrected chi connectivity index (χ2v) is 11.0. The number of rotatable bonds is 7. The highest BCUT2D eigenvalue weighted by Crippen LogP contribution is 2.59. The number of nitrogens with zero attached hydrogens (tertiary/aromatic N) is 7. The first-order valence-electron chi connectivity index (χ1n) is 12.5. The van der Waals surface area contributed by atoms with Crippen LogP contribution in [-0.2, 0) is 23.2 Å². The number of aromatic nitrogens is 6. The van der Waals surface area contributed by atoms with Gasteiger partial charge in [0.2, 0.25) is 5.91 Å². The number of nitrogens with one attached hydrogen (secondary N) is 1. The van der Waals surface area contributed by atoms with E-state index in [0.717, 1.165) is 9.13 Å². The Hall–Kier alpha value is -4.27. The molecular weight excluding hydrogens is 546 g/mol. The molecule has 4 aromatic rings. The molecule has 5 heterocycles. The minimum Gasteiger partial charge on any atom is -0.356 e. The van der Waals surface area contributed by atoms with Gasteiger partial charge in [0.1, 0.15) is 28.5 Å². The molecule has 40 heavy (non-hydrogen) atoms. The van der Waals surface area contributed by atoms with Gasteiger partial charge in [-0.25, -0.2) is 28.5 Å². The van der Waals surface area contributed by atoms with E-state index in [-0.39, 0.29) is 23.5 Å². The molecule has 0 spiro atoms. The lowest BCUT2D eigenvalue weighted by molar-refractivity contribution is -0.119. The summed E-state index contributed by atoms with van der Waals surface area (Å²) in [5.74, 6) is -3.62. The van der Waals surface area contributed by atoms with Crippen LogP contribution < -0.4 is 21.5 Å². The average Bonchev–Trinajstić information content (AvgIpc) is 3.51. The van der Waals surface area contributed by atoms with Crippen molar-refractivity contribution >= 4 is 45.8 Å². The first kappa shape index (κ1) is 26.0. The van der Waals surface area contributed by atoms with Crippen molar-refractivity contribution in [2.24, 2.45) is 18.9 Å². The van der Waals surface area contributed by atoms with E-state index in [1.807, 2.05) is 11.0 Å². The second kappa shape index (κ2) is 9.15. The first-order chi connectivity index (χ1) is 19.0. The molecular formula is C25H24F2N8O4S. The SMILES string of the molecule is CC(=O)Cn1c(=O)c2c(ncn2[C@@H](C)C(=O)Nc2csc(-c3ccc(N4CC5C(C4)C5(F)F)nc3)n2)n(C)c1=O. The molecule has 0 radical (unpaired) electrons. The molecule has 12 nitrogen and oxygen atoms in total. The molecule has 1 N–H and O–H groups in total. The fraction of sp³-hybridized carbons (Fsp3) is 0.400. The van der Waals surface area contributed by atoms with Gasteiger partial charge in [-0.05, 0) is 26.0 Å². The van der Waals surface area contributed by atoms with E-state index in [9.17, 15) is 28.0 Å². The third kappa shape index (κ3) is 4.11. The average molecular weight is 571 g/mol. The molecule has 0 aromatic carbocycles. The number of carbonyl (C=O) groups excluding carboxylic acids is 2. The van der Waals surface area contributed by atoms with Crippen LogP contribution in [0.15, 0.2) is 39.6 Å². The molecule has 1 saturated carbocycles. The summed E-state index contributed by atoms with van der Waals surface area (Å²) in [5.41, 5.74) is -0.552.